The van der Waals surface area contributed by atoms with Gasteiger partial charge in [0.15, 0.2) is 0 Å². The molecule has 0 heterocycles. The minimum absolute atomic E-state index is 0.0628. The van der Waals surface area contributed by atoms with E-state index in [1.54, 1.807) is 0 Å². The van der Waals surface area contributed by atoms with Crippen molar-refractivity contribution in [3.63, 3.8) is 0 Å². The third kappa shape index (κ3) is 3.35. The summed E-state index contributed by atoms with van der Waals surface area (Å²) >= 11 is 5.47. The molecular formula is C12H15ClO5. The first-order valence-corrected chi connectivity index (χ1v) is 5.88. The fourth-order valence-corrected chi connectivity index (χ4v) is 1.79. The highest BCUT2D eigenvalue weighted by molar-refractivity contribution is 6.17. The Kier molecular flexibility index (Phi) is 5.40. The zero-order valence-electron chi connectivity index (χ0n) is 9.84. The third-order valence-corrected chi connectivity index (χ3v) is 2.78. The highest BCUT2D eigenvalue weighted by atomic mass is 35.5. The second-order valence-corrected chi connectivity index (χ2v) is 4.13. The smallest absolute Gasteiger partial charge is 0.339 e. The summed E-state index contributed by atoms with van der Waals surface area (Å²) in [5.74, 6) is -0.752. The molecule has 0 aliphatic carbocycles. The first-order chi connectivity index (χ1) is 8.51. The molecule has 0 amide bonds. The number of benzene rings is 1. The molecule has 6 heteroatoms. The van der Waals surface area contributed by atoms with E-state index in [0.29, 0.717) is 5.56 Å². The van der Waals surface area contributed by atoms with Crippen LogP contribution in [0, 0.1) is 0 Å². The van der Waals surface area contributed by atoms with Crippen LogP contribution in [0.5, 0.6) is 5.75 Å². The Morgan fingerprint density at radius 3 is 2.61 bits per heavy atom. The molecule has 0 aliphatic heterocycles. The van der Waals surface area contributed by atoms with Crippen LogP contribution in [0.4, 0.5) is 0 Å². The standard InChI is InChI=1S/C12H15ClO5/c1-18-10-3-2-7(6-8(10)12(16)17)11(15)9(14)4-5-13/h2-3,6,9,11,14-15H,4-5H2,1H3,(H,16,17). The number of alkyl halides is 1. The maximum atomic E-state index is 11.0. The van der Waals surface area contributed by atoms with Crippen LogP contribution in [-0.2, 0) is 0 Å². The van der Waals surface area contributed by atoms with Crippen LogP contribution < -0.4 is 4.74 Å². The molecule has 0 aliphatic rings. The minimum atomic E-state index is -1.17. The summed E-state index contributed by atoms with van der Waals surface area (Å²) in [5, 5.41) is 28.5. The molecule has 5 nitrogen and oxygen atoms in total. The van der Waals surface area contributed by atoms with E-state index in [0.717, 1.165) is 0 Å². The number of methoxy groups -OCH3 is 1. The topological polar surface area (TPSA) is 87.0 Å². The summed E-state index contributed by atoms with van der Waals surface area (Å²) < 4.78 is 4.90. The van der Waals surface area contributed by atoms with E-state index >= 15 is 0 Å². The number of halogens is 1. The zero-order valence-corrected chi connectivity index (χ0v) is 10.6. The molecule has 2 unspecified atom stereocenters. The van der Waals surface area contributed by atoms with Gasteiger partial charge in [-0.05, 0) is 24.1 Å². The maximum Gasteiger partial charge on any atom is 0.339 e. The summed E-state index contributed by atoms with van der Waals surface area (Å²) in [5.41, 5.74) is 0.248. The Labute approximate surface area is 110 Å². The van der Waals surface area contributed by atoms with Gasteiger partial charge in [-0.1, -0.05) is 6.07 Å². The Bertz CT molecular complexity index is 421. The summed E-state index contributed by atoms with van der Waals surface area (Å²) in [4.78, 5) is 11.0. The van der Waals surface area contributed by atoms with Crippen LogP contribution in [-0.4, -0.2) is 40.4 Å². The van der Waals surface area contributed by atoms with Gasteiger partial charge in [0.1, 0.15) is 17.4 Å². The number of carboxylic acid groups (broad SMARTS) is 1. The zero-order chi connectivity index (χ0) is 13.7. The molecule has 0 radical (unpaired) electrons. The second kappa shape index (κ2) is 6.58. The van der Waals surface area contributed by atoms with Crippen molar-refractivity contribution in [1.82, 2.24) is 0 Å². The molecule has 2 atom stereocenters. The SMILES string of the molecule is COc1ccc(C(O)C(O)CCCl)cc1C(=O)O. The van der Waals surface area contributed by atoms with Gasteiger partial charge < -0.3 is 20.1 Å². The average molecular weight is 275 g/mol. The van der Waals surface area contributed by atoms with Gasteiger partial charge in [-0.2, -0.15) is 0 Å². The van der Waals surface area contributed by atoms with Gasteiger partial charge in [-0.3, -0.25) is 0 Å². The maximum absolute atomic E-state index is 11.0. The van der Waals surface area contributed by atoms with Crippen molar-refractivity contribution in [2.24, 2.45) is 0 Å². The summed E-state index contributed by atoms with van der Waals surface area (Å²) in [7, 11) is 1.36. The van der Waals surface area contributed by atoms with Gasteiger partial charge in [0, 0.05) is 5.88 Å². The number of aromatic carboxylic acids is 1. The van der Waals surface area contributed by atoms with E-state index in [-0.39, 0.29) is 23.6 Å². The summed E-state index contributed by atoms with van der Waals surface area (Å²) in [6.45, 7) is 0. The van der Waals surface area contributed by atoms with Crippen molar-refractivity contribution in [2.75, 3.05) is 13.0 Å². The van der Waals surface area contributed by atoms with Crippen LogP contribution in [0.1, 0.15) is 28.4 Å². The van der Waals surface area contributed by atoms with Crippen LogP contribution in [0.3, 0.4) is 0 Å². The van der Waals surface area contributed by atoms with E-state index in [9.17, 15) is 15.0 Å². The molecule has 100 valence electrons. The van der Waals surface area contributed by atoms with Gasteiger partial charge in [0.05, 0.1) is 13.2 Å². The number of ether oxygens (including phenoxy) is 1. The largest absolute Gasteiger partial charge is 0.496 e. The predicted molar refractivity (Wildman–Crippen MR) is 66.3 cm³/mol. The van der Waals surface area contributed by atoms with E-state index in [1.807, 2.05) is 0 Å². The van der Waals surface area contributed by atoms with Crippen molar-refractivity contribution >= 4 is 17.6 Å². The molecule has 0 saturated heterocycles. The number of aliphatic hydroxyl groups is 2. The van der Waals surface area contributed by atoms with Crippen molar-refractivity contribution in [3.05, 3.63) is 29.3 Å². The van der Waals surface area contributed by atoms with Crippen molar-refractivity contribution in [1.29, 1.82) is 0 Å². The number of hydrogen-bond acceptors (Lipinski definition) is 4. The van der Waals surface area contributed by atoms with E-state index in [2.05, 4.69) is 0 Å². The van der Waals surface area contributed by atoms with Gasteiger partial charge in [-0.15, -0.1) is 11.6 Å². The van der Waals surface area contributed by atoms with Crippen LogP contribution in [0.25, 0.3) is 0 Å². The minimum Gasteiger partial charge on any atom is -0.496 e. The number of hydrogen-bond donors (Lipinski definition) is 3. The van der Waals surface area contributed by atoms with E-state index in [1.165, 1.54) is 25.3 Å². The third-order valence-electron chi connectivity index (χ3n) is 2.56. The van der Waals surface area contributed by atoms with Crippen molar-refractivity contribution in [2.45, 2.75) is 18.6 Å². The van der Waals surface area contributed by atoms with Gasteiger partial charge in [0.2, 0.25) is 0 Å². The van der Waals surface area contributed by atoms with Gasteiger partial charge >= 0.3 is 5.97 Å². The number of rotatable bonds is 6. The molecule has 18 heavy (non-hydrogen) atoms. The van der Waals surface area contributed by atoms with Crippen LogP contribution in [0.15, 0.2) is 18.2 Å². The van der Waals surface area contributed by atoms with Crippen LogP contribution >= 0.6 is 11.6 Å². The molecular weight excluding hydrogens is 260 g/mol. The predicted octanol–water partition coefficient (Wildman–Crippen LogP) is 1.42. The highest BCUT2D eigenvalue weighted by Crippen LogP contribution is 2.26. The molecule has 0 fully saturated rings. The Hall–Kier alpha value is -1.30. The first kappa shape index (κ1) is 14.8. The normalized spacial score (nSPS) is 14.0. The fraction of sp³-hybridized carbons (Fsp3) is 0.417. The highest BCUT2D eigenvalue weighted by Gasteiger charge is 2.20. The molecule has 3 N–H and O–H groups in total. The lowest BCUT2D eigenvalue weighted by Gasteiger charge is -2.18. The fourth-order valence-electron chi connectivity index (χ4n) is 1.57. The average Bonchev–Trinajstić information content (AvgIpc) is 2.37. The first-order valence-electron chi connectivity index (χ1n) is 5.34. The van der Waals surface area contributed by atoms with Crippen LogP contribution in [0.2, 0.25) is 0 Å². The molecule has 0 bridgehead atoms. The Balaban J connectivity index is 3.04. The summed E-state index contributed by atoms with van der Waals surface area (Å²) in [6, 6.07) is 4.23. The van der Waals surface area contributed by atoms with Gasteiger partial charge in [0.25, 0.3) is 0 Å². The molecule has 0 aromatic heterocycles. The molecule has 1 rings (SSSR count). The van der Waals surface area contributed by atoms with E-state index < -0.39 is 18.2 Å². The quantitative estimate of drug-likeness (QED) is 0.683. The molecule has 0 saturated carbocycles. The number of carboxylic acids is 1. The lowest BCUT2D eigenvalue weighted by molar-refractivity contribution is 0.0169. The summed E-state index contributed by atoms with van der Waals surface area (Å²) in [6.07, 6.45) is -1.98. The van der Waals surface area contributed by atoms with Crippen molar-refractivity contribution in [3.8, 4) is 5.75 Å². The number of carbonyl (C=O) groups is 1. The lowest BCUT2D eigenvalue weighted by atomic mass is 10.00. The lowest BCUT2D eigenvalue weighted by Crippen LogP contribution is -2.19. The molecule has 0 spiro atoms. The van der Waals surface area contributed by atoms with E-state index in [4.69, 9.17) is 21.4 Å². The number of aliphatic hydroxyl groups excluding tert-OH is 2. The Morgan fingerprint density at radius 2 is 2.11 bits per heavy atom. The Morgan fingerprint density at radius 1 is 1.44 bits per heavy atom. The monoisotopic (exact) mass is 274 g/mol. The van der Waals surface area contributed by atoms with Crippen molar-refractivity contribution < 1.29 is 24.9 Å². The van der Waals surface area contributed by atoms with Gasteiger partial charge in [-0.25, -0.2) is 4.79 Å². The molecule has 1 aromatic rings. The second-order valence-electron chi connectivity index (χ2n) is 3.75. The molecule has 1 aromatic carbocycles.